The molecule has 22 heavy (non-hydrogen) atoms. The minimum absolute atomic E-state index is 0.675. The fourth-order valence-electron chi connectivity index (χ4n) is 2.22. The van der Waals surface area contributed by atoms with Crippen LogP contribution in [0.15, 0.2) is 96.0 Å². The predicted octanol–water partition coefficient (Wildman–Crippen LogP) is 4.53. The van der Waals surface area contributed by atoms with Crippen molar-refractivity contribution in [3.8, 4) is 0 Å². The minimum atomic E-state index is 0.675. The minimum Gasteiger partial charge on any atom is -0.354 e. The summed E-state index contributed by atoms with van der Waals surface area (Å²) in [6, 6.07) is 30.6. The second kappa shape index (κ2) is 7.23. The molecule has 0 aliphatic rings. The third kappa shape index (κ3) is 3.83. The number of hydrogen-bond donors (Lipinski definition) is 1. The van der Waals surface area contributed by atoms with Crippen molar-refractivity contribution in [1.29, 1.82) is 0 Å². The summed E-state index contributed by atoms with van der Waals surface area (Å²) in [4.78, 5) is 4.75. The van der Waals surface area contributed by atoms with Crippen LogP contribution in [0.5, 0.6) is 0 Å². The number of anilines is 2. The molecule has 3 rings (SSSR count). The maximum Gasteiger partial charge on any atom is 0.0813 e. The van der Waals surface area contributed by atoms with Gasteiger partial charge in [-0.05, 0) is 29.8 Å². The van der Waals surface area contributed by atoms with Crippen LogP contribution in [-0.4, -0.2) is 0 Å². The third-order valence-corrected chi connectivity index (χ3v) is 3.34. The van der Waals surface area contributed by atoms with Crippen molar-refractivity contribution in [1.82, 2.24) is 0 Å². The smallest absolute Gasteiger partial charge is 0.0813 e. The maximum absolute atomic E-state index is 4.75. The van der Waals surface area contributed by atoms with Crippen molar-refractivity contribution in [3.63, 3.8) is 0 Å². The van der Waals surface area contributed by atoms with Crippen LogP contribution in [0.3, 0.4) is 0 Å². The summed E-state index contributed by atoms with van der Waals surface area (Å²) in [5.41, 5.74) is 3.27. The number of benzene rings is 2. The van der Waals surface area contributed by atoms with Crippen LogP contribution in [-0.2, 0) is 6.54 Å². The Morgan fingerprint density at radius 3 is 1.95 bits per heavy atom. The van der Waals surface area contributed by atoms with Gasteiger partial charge in [-0.1, -0.05) is 66.7 Å². The van der Waals surface area contributed by atoms with E-state index >= 15 is 0 Å². The van der Waals surface area contributed by atoms with E-state index in [1.807, 2.05) is 72.8 Å². The van der Waals surface area contributed by atoms with Gasteiger partial charge in [-0.15, -0.1) is 0 Å². The predicted molar refractivity (Wildman–Crippen MR) is 91.9 cm³/mol. The monoisotopic (exact) mass is 286 g/mol. The van der Waals surface area contributed by atoms with E-state index < -0.39 is 0 Å². The molecular formula is C20H18N2. The first-order chi connectivity index (χ1) is 10.9. The van der Waals surface area contributed by atoms with Gasteiger partial charge in [0.2, 0.25) is 0 Å². The van der Waals surface area contributed by atoms with Crippen LogP contribution in [0.25, 0.3) is 0 Å². The zero-order valence-electron chi connectivity index (χ0n) is 12.3. The molecule has 0 saturated carbocycles. The summed E-state index contributed by atoms with van der Waals surface area (Å²) in [7, 11) is 0. The largest absolute Gasteiger partial charge is 0.354 e. The molecular weight excluding hydrogens is 268 g/mol. The molecule has 0 heterocycles. The Kier molecular flexibility index (Phi) is 4.63. The fraction of sp³-hybridized carbons (Fsp3) is 0.0500. The third-order valence-electron chi connectivity index (χ3n) is 3.34. The molecule has 0 atom stereocenters. The second-order valence-corrected chi connectivity index (χ2v) is 5.00. The Hall–Kier alpha value is -2.87. The zero-order chi connectivity index (χ0) is 15.0. The van der Waals surface area contributed by atoms with Crippen molar-refractivity contribution >= 4 is 11.4 Å². The van der Waals surface area contributed by atoms with Gasteiger partial charge in [-0.25, -0.2) is 0 Å². The Balaban J connectivity index is 1.92. The molecule has 3 aromatic carbocycles. The van der Waals surface area contributed by atoms with Gasteiger partial charge >= 0.3 is 0 Å². The van der Waals surface area contributed by atoms with E-state index in [-0.39, 0.29) is 0 Å². The lowest BCUT2D eigenvalue weighted by molar-refractivity contribution is 1.01. The highest BCUT2D eigenvalue weighted by atomic mass is 14.9. The van der Waals surface area contributed by atoms with Crippen LogP contribution in [0.1, 0.15) is 5.56 Å². The van der Waals surface area contributed by atoms with Crippen LogP contribution in [0.4, 0.5) is 11.4 Å². The molecule has 108 valence electrons. The first kappa shape index (κ1) is 14.1. The molecule has 0 unspecified atom stereocenters. The normalized spacial score (nSPS) is 11.2. The van der Waals surface area contributed by atoms with Gasteiger partial charge in [-0.2, -0.15) is 0 Å². The number of para-hydroxylation sites is 1. The topological polar surface area (TPSA) is 24.4 Å². The number of hydrogen-bond acceptors (Lipinski definition) is 2. The quantitative estimate of drug-likeness (QED) is 0.748. The summed E-state index contributed by atoms with van der Waals surface area (Å²) in [6.07, 6.45) is 0. The molecule has 0 bridgehead atoms. The van der Waals surface area contributed by atoms with Gasteiger partial charge in [0.25, 0.3) is 0 Å². The summed E-state index contributed by atoms with van der Waals surface area (Å²) >= 11 is 0. The van der Waals surface area contributed by atoms with E-state index in [1.54, 1.807) is 0 Å². The molecule has 0 radical (unpaired) electrons. The molecule has 2 nitrogen and oxygen atoms in total. The molecule has 2 heteroatoms. The van der Waals surface area contributed by atoms with Crippen molar-refractivity contribution in [2.45, 2.75) is 6.54 Å². The van der Waals surface area contributed by atoms with E-state index in [0.29, 0.717) is 6.54 Å². The summed E-state index contributed by atoms with van der Waals surface area (Å²) < 4.78 is 0. The highest BCUT2D eigenvalue weighted by molar-refractivity contribution is 5.58. The molecule has 3 aromatic rings. The molecule has 0 spiro atoms. The highest BCUT2D eigenvalue weighted by Crippen LogP contribution is 2.11. The number of nitrogens with one attached hydrogen (secondary N) is 1. The zero-order valence-corrected chi connectivity index (χ0v) is 12.3. The lowest BCUT2D eigenvalue weighted by atomic mass is 10.2. The second-order valence-electron chi connectivity index (χ2n) is 5.00. The first-order valence-electron chi connectivity index (χ1n) is 7.38. The number of rotatable bonds is 4. The van der Waals surface area contributed by atoms with Crippen molar-refractivity contribution in [2.24, 2.45) is 4.99 Å². The van der Waals surface area contributed by atoms with Crippen molar-refractivity contribution in [3.05, 3.63) is 102 Å². The van der Waals surface area contributed by atoms with Crippen molar-refractivity contribution in [2.75, 3.05) is 5.32 Å². The van der Waals surface area contributed by atoms with Crippen molar-refractivity contribution < 1.29 is 0 Å². The SMILES string of the molecule is c1ccc(CN=c2cccccc2Nc2ccccc2)cc1. The molecule has 0 saturated heterocycles. The fourth-order valence-corrected chi connectivity index (χ4v) is 2.22. The first-order valence-corrected chi connectivity index (χ1v) is 7.38. The molecule has 0 fully saturated rings. The molecule has 0 aliphatic carbocycles. The maximum atomic E-state index is 4.75. The Labute approximate surface area is 130 Å². The molecule has 0 aromatic heterocycles. The Morgan fingerprint density at radius 2 is 1.23 bits per heavy atom. The van der Waals surface area contributed by atoms with Gasteiger partial charge in [0.15, 0.2) is 0 Å². The average molecular weight is 286 g/mol. The van der Waals surface area contributed by atoms with Crippen LogP contribution < -0.4 is 10.7 Å². The number of nitrogens with zero attached hydrogens (tertiary/aromatic N) is 1. The standard InChI is InChI=1S/C20H18N2/c1-4-10-17(11-5-1)16-21-19-14-8-3-9-15-20(19)22-18-12-6-2-7-13-18/h1-15H,16H2,(H,21,22). The van der Waals surface area contributed by atoms with Crippen LogP contribution in [0.2, 0.25) is 0 Å². The summed E-state index contributed by atoms with van der Waals surface area (Å²) in [6.45, 7) is 0.675. The van der Waals surface area contributed by atoms with E-state index in [1.165, 1.54) is 5.56 Å². The molecule has 0 amide bonds. The lowest BCUT2D eigenvalue weighted by Gasteiger charge is -2.05. The summed E-state index contributed by atoms with van der Waals surface area (Å²) in [5.74, 6) is 0. The Morgan fingerprint density at radius 1 is 0.636 bits per heavy atom. The van der Waals surface area contributed by atoms with Crippen LogP contribution >= 0.6 is 0 Å². The van der Waals surface area contributed by atoms with Crippen LogP contribution in [0, 0.1) is 0 Å². The van der Waals surface area contributed by atoms with E-state index in [4.69, 9.17) is 4.99 Å². The highest BCUT2D eigenvalue weighted by Gasteiger charge is 1.96. The lowest BCUT2D eigenvalue weighted by Crippen LogP contribution is -2.07. The molecule has 0 aliphatic heterocycles. The van der Waals surface area contributed by atoms with E-state index in [2.05, 4.69) is 23.5 Å². The van der Waals surface area contributed by atoms with Gasteiger partial charge in [0.1, 0.15) is 0 Å². The van der Waals surface area contributed by atoms with E-state index in [9.17, 15) is 0 Å². The van der Waals surface area contributed by atoms with Gasteiger partial charge < -0.3 is 5.32 Å². The summed E-state index contributed by atoms with van der Waals surface area (Å²) in [5, 5.41) is 4.39. The molecule has 1 N–H and O–H groups in total. The van der Waals surface area contributed by atoms with E-state index in [0.717, 1.165) is 16.7 Å². The van der Waals surface area contributed by atoms with Gasteiger partial charge in [0, 0.05) is 5.69 Å². The van der Waals surface area contributed by atoms with Gasteiger partial charge in [0.05, 0.1) is 17.6 Å². The Bertz CT molecular complexity index is 781. The van der Waals surface area contributed by atoms with Gasteiger partial charge in [-0.3, -0.25) is 4.99 Å². The average Bonchev–Trinajstić information content (AvgIpc) is 2.80.